The molecule has 0 saturated heterocycles. The molecule has 2 aromatic carbocycles. The van der Waals surface area contributed by atoms with Crippen LogP contribution in [0, 0.1) is 0 Å². The SMILES string of the molecule is CCCCCc1c(Cl)n(CCc2ccccc2)c(=O)n1Cc1ccc(-c2ncccc2-c2nnn[nH]2)cc1. The van der Waals surface area contributed by atoms with Crippen LogP contribution in [0.2, 0.25) is 5.15 Å². The number of hydrogen-bond donors (Lipinski definition) is 1. The maximum Gasteiger partial charge on any atom is 0.329 e. The lowest BCUT2D eigenvalue weighted by Crippen LogP contribution is -2.26. The maximum atomic E-state index is 13.5. The molecule has 0 aliphatic heterocycles. The molecule has 3 aromatic heterocycles. The van der Waals surface area contributed by atoms with Crippen molar-refractivity contribution in [1.29, 1.82) is 0 Å². The number of hydrogen-bond acceptors (Lipinski definition) is 5. The van der Waals surface area contributed by atoms with E-state index in [0.717, 1.165) is 60.2 Å². The number of unbranched alkanes of at least 4 members (excludes halogenated alkanes) is 2. The molecule has 0 radical (unpaired) electrons. The van der Waals surface area contributed by atoms with Gasteiger partial charge in [0.2, 0.25) is 0 Å². The number of H-pyrrole nitrogens is 1. The number of aromatic nitrogens is 7. The molecule has 0 aliphatic rings. The van der Waals surface area contributed by atoms with Crippen molar-refractivity contribution in [3.05, 3.63) is 105 Å². The predicted octanol–water partition coefficient (Wildman–Crippen LogP) is 5.57. The number of tetrazole rings is 1. The van der Waals surface area contributed by atoms with Crippen LogP contribution in [0.1, 0.15) is 43.0 Å². The zero-order chi connectivity index (χ0) is 26.3. The zero-order valence-electron chi connectivity index (χ0n) is 21.3. The molecule has 0 fully saturated rings. The minimum absolute atomic E-state index is 0.0636. The molecule has 0 amide bonds. The summed E-state index contributed by atoms with van der Waals surface area (Å²) in [5.41, 5.74) is 5.59. The molecule has 0 unspecified atom stereocenters. The van der Waals surface area contributed by atoms with Gasteiger partial charge < -0.3 is 0 Å². The highest BCUT2D eigenvalue weighted by molar-refractivity contribution is 6.30. The second-order valence-electron chi connectivity index (χ2n) is 9.30. The molecule has 194 valence electrons. The molecule has 0 spiro atoms. The van der Waals surface area contributed by atoms with Crippen molar-refractivity contribution in [3.8, 4) is 22.6 Å². The summed E-state index contributed by atoms with van der Waals surface area (Å²) in [5, 5.41) is 14.8. The maximum absolute atomic E-state index is 13.5. The monoisotopic (exact) mass is 527 g/mol. The molecular weight excluding hydrogens is 498 g/mol. The van der Waals surface area contributed by atoms with Crippen LogP contribution in [0.3, 0.4) is 0 Å². The molecule has 8 nitrogen and oxygen atoms in total. The van der Waals surface area contributed by atoms with Gasteiger partial charge in [-0.2, -0.15) is 0 Å². The first kappa shape index (κ1) is 25.6. The third kappa shape index (κ3) is 5.60. The Kier molecular flexibility index (Phi) is 8.09. The third-order valence-electron chi connectivity index (χ3n) is 6.72. The van der Waals surface area contributed by atoms with Crippen molar-refractivity contribution in [1.82, 2.24) is 34.7 Å². The Bertz CT molecular complexity index is 1520. The van der Waals surface area contributed by atoms with Crippen molar-refractivity contribution in [2.75, 3.05) is 0 Å². The third-order valence-corrected chi connectivity index (χ3v) is 7.15. The summed E-state index contributed by atoms with van der Waals surface area (Å²) in [6, 6.07) is 22.1. The van der Waals surface area contributed by atoms with E-state index >= 15 is 0 Å². The summed E-state index contributed by atoms with van der Waals surface area (Å²) in [6.07, 6.45) is 6.48. The van der Waals surface area contributed by atoms with E-state index in [0.29, 0.717) is 24.1 Å². The van der Waals surface area contributed by atoms with E-state index in [9.17, 15) is 4.79 Å². The predicted molar refractivity (Wildman–Crippen MR) is 149 cm³/mol. The van der Waals surface area contributed by atoms with Gasteiger partial charge in [-0.15, -0.1) is 5.10 Å². The fourth-order valence-electron chi connectivity index (χ4n) is 4.69. The van der Waals surface area contributed by atoms with E-state index in [2.05, 4.69) is 44.7 Å². The molecule has 5 aromatic rings. The van der Waals surface area contributed by atoms with Crippen LogP contribution < -0.4 is 5.69 Å². The number of pyridine rings is 1. The molecular formula is C29H30ClN7O. The van der Waals surface area contributed by atoms with Gasteiger partial charge in [0.25, 0.3) is 0 Å². The van der Waals surface area contributed by atoms with E-state index in [4.69, 9.17) is 11.6 Å². The number of nitrogens with one attached hydrogen (secondary N) is 1. The first-order valence-electron chi connectivity index (χ1n) is 13.0. The van der Waals surface area contributed by atoms with Crippen LogP contribution >= 0.6 is 11.6 Å². The molecule has 3 heterocycles. The van der Waals surface area contributed by atoms with E-state index in [1.807, 2.05) is 59.2 Å². The summed E-state index contributed by atoms with van der Waals surface area (Å²) in [7, 11) is 0. The van der Waals surface area contributed by atoms with Gasteiger partial charge in [0.1, 0.15) is 5.15 Å². The van der Waals surface area contributed by atoms with Gasteiger partial charge in [-0.25, -0.2) is 9.89 Å². The van der Waals surface area contributed by atoms with Crippen molar-refractivity contribution in [2.24, 2.45) is 0 Å². The lowest BCUT2D eigenvalue weighted by molar-refractivity contribution is 0.622. The van der Waals surface area contributed by atoms with Crippen molar-refractivity contribution in [3.63, 3.8) is 0 Å². The average molecular weight is 528 g/mol. The number of rotatable bonds is 11. The lowest BCUT2D eigenvalue weighted by Gasteiger charge is -2.10. The van der Waals surface area contributed by atoms with Crippen LogP contribution in [-0.2, 0) is 25.9 Å². The van der Waals surface area contributed by atoms with Crippen LogP contribution in [0.25, 0.3) is 22.6 Å². The van der Waals surface area contributed by atoms with Gasteiger partial charge >= 0.3 is 5.69 Å². The molecule has 0 saturated carbocycles. The Morgan fingerprint density at radius 2 is 1.71 bits per heavy atom. The quantitative estimate of drug-likeness (QED) is 0.227. The number of imidazole rings is 1. The van der Waals surface area contributed by atoms with Crippen molar-refractivity contribution < 1.29 is 0 Å². The largest absolute Gasteiger partial charge is 0.329 e. The zero-order valence-corrected chi connectivity index (χ0v) is 22.1. The number of aryl methyl sites for hydroxylation is 1. The summed E-state index contributed by atoms with van der Waals surface area (Å²) in [6.45, 7) is 3.18. The fourth-order valence-corrected chi connectivity index (χ4v) is 5.04. The number of aromatic amines is 1. The second kappa shape index (κ2) is 12.0. The molecule has 0 atom stereocenters. The first-order chi connectivity index (χ1) is 18.7. The Hall–Kier alpha value is -4.04. The number of halogens is 1. The Morgan fingerprint density at radius 3 is 2.45 bits per heavy atom. The van der Waals surface area contributed by atoms with Crippen molar-refractivity contribution in [2.45, 2.75) is 52.1 Å². The smallest absolute Gasteiger partial charge is 0.290 e. The Balaban J connectivity index is 1.41. The molecule has 1 N–H and O–H groups in total. The van der Waals surface area contributed by atoms with Crippen LogP contribution in [-0.4, -0.2) is 34.7 Å². The molecule has 0 bridgehead atoms. The number of benzene rings is 2. The summed E-state index contributed by atoms with van der Waals surface area (Å²) in [5.74, 6) is 0.562. The second-order valence-corrected chi connectivity index (χ2v) is 9.65. The number of nitrogens with zero attached hydrogens (tertiary/aromatic N) is 6. The van der Waals surface area contributed by atoms with Gasteiger partial charge in [0.15, 0.2) is 5.82 Å². The lowest BCUT2D eigenvalue weighted by atomic mass is 10.0. The highest BCUT2D eigenvalue weighted by Crippen LogP contribution is 2.28. The summed E-state index contributed by atoms with van der Waals surface area (Å²) < 4.78 is 3.56. The first-order valence-corrected chi connectivity index (χ1v) is 13.3. The Morgan fingerprint density at radius 1 is 0.895 bits per heavy atom. The summed E-state index contributed by atoms with van der Waals surface area (Å²) in [4.78, 5) is 18.1. The van der Waals surface area contributed by atoms with Crippen LogP contribution in [0.15, 0.2) is 77.7 Å². The summed E-state index contributed by atoms with van der Waals surface area (Å²) >= 11 is 6.83. The fraction of sp³-hybridized carbons (Fsp3) is 0.276. The van der Waals surface area contributed by atoms with Gasteiger partial charge in [0.05, 0.1) is 17.9 Å². The molecule has 38 heavy (non-hydrogen) atoms. The van der Waals surface area contributed by atoms with Gasteiger partial charge in [0, 0.05) is 23.9 Å². The highest BCUT2D eigenvalue weighted by atomic mass is 35.5. The standard InChI is InChI=1S/C29H30ClN7O/c1-2-3-5-12-25-27(30)36(19-17-21-9-6-4-7-10-21)29(38)37(25)20-22-13-15-23(16-14-22)26-24(11-8-18-31-26)28-32-34-35-33-28/h4,6-11,13-16,18H,2-3,5,12,17,19-20H2,1H3,(H,32,33,34,35). The van der Waals surface area contributed by atoms with Gasteiger partial charge in [-0.1, -0.05) is 86.0 Å². The van der Waals surface area contributed by atoms with Crippen LogP contribution in [0.4, 0.5) is 0 Å². The minimum atomic E-state index is -0.0636. The van der Waals surface area contributed by atoms with Gasteiger partial charge in [-0.05, 0) is 52.9 Å². The Labute approximate surface area is 226 Å². The topological polar surface area (TPSA) is 94.3 Å². The molecule has 0 aliphatic carbocycles. The van der Waals surface area contributed by atoms with E-state index in [-0.39, 0.29) is 5.69 Å². The molecule has 9 heteroatoms. The van der Waals surface area contributed by atoms with E-state index < -0.39 is 0 Å². The van der Waals surface area contributed by atoms with Crippen LogP contribution in [0.5, 0.6) is 0 Å². The van der Waals surface area contributed by atoms with E-state index in [1.54, 1.807) is 10.8 Å². The average Bonchev–Trinajstić information content (AvgIpc) is 3.57. The van der Waals surface area contributed by atoms with Gasteiger partial charge in [-0.3, -0.25) is 14.1 Å². The van der Waals surface area contributed by atoms with E-state index in [1.165, 1.54) is 5.56 Å². The molecule has 5 rings (SSSR count). The normalized spacial score (nSPS) is 11.2. The van der Waals surface area contributed by atoms with Crippen molar-refractivity contribution >= 4 is 11.6 Å². The minimum Gasteiger partial charge on any atom is -0.290 e. The highest BCUT2D eigenvalue weighted by Gasteiger charge is 2.19.